The molecule has 7 aromatic rings. The third-order valence-electron chi connectivity index (χ3n) is 10.3. The van der Waals surface area contributed by atoms with Crippen LogP contribution in [-0.2, 0) is 0 Å². The van der Waals surface area contributed by atoms with Crippen LogP contribution in [0.3, 0.4) is 0 Å². The fourth-order valence-electron chi connectivity index (χ4n) is 7.56. The maximum absolute atomic E-state index is 2.48. The summed E-state index contributed by atoms with van der Waals surface area (Å²) in [7, 11) is -2.74. The van der Waals surface area contributed by atoms with Crippen LogP contribution < -0.4 is 9.80 Å². The van der Waals surface area contributed by atoms with E-state index in [2.05, 4.69) is 211 Å². The normalized spacial score (nSPS) is 14.7. The van der Waals surface area contributed by atoms with Crippen LogP contribution in [0.15, 0.2) is 173 Å². The smallest absolute Gasteiger partial charge is 0.0540 e. The molecule has 0 heterocycles. The summed E-state index contributed by atoms with van der Waals surface area (Å²) >= 11 is 0. The highest BCUT2D eigenvalue weighted by Gasteiger charge is 2.24. The molecule has 0 bridgehead atoms. The number of allylic oxidation sites excluding steroid dienone is 5. The SMILES string of the molecule is CS(C)(C)c1ccc(N(C2=CC=CC=CC2)c2ccc3ccc4c(N(c5ccccc5)c5ccc([SH](C)(C)(C)C)cc5)ccc5ccc2c3c54)cc1. The molecule has 0 atom stereocenters. The number of nitrogens with zero attached hydrogens (tertiary/aromatic N) is 2. The number of hydrogen-bond acceptors (Lipinski definition) is 2. The third kappa shape index (κ3) is 6.29. The second kappa shape index (κ2) is 12.6. The predicted octanol–water partition coefficient (Wildman–Crippen LogP) is 13.6. The standard InChI is InChI=1S/C48H50N2S2/c1-51(2,3)41-27-23-39(24-28-41)49(37-15-11-8-9-12-16-37)45-33-21-35-20-32-44-46(34-22-36-19-31-43(45)47(35)48(36)44)50(38-17-13-10-14-18-38)40-25-29-42(30-26-40)52(4,5,6)7/h8-15,17-34,52H,16H2,1-7H3. The van der Waals surface area contributed by atoms with Crippen LogP contribution in [0, 0.1) is 0 Å². The van der Waals surface area contributed by atoms with Gasteiger partial charge in [0.2, 0.25) is 0 Å². The first kappa shape index (κ1) is 34.2. The number of rotatable bonds is 8. The van der Waals surface area contributed by atoms with Crippen molar-refractivity contribution in [2.24, 2.45) is 0 Å². The van der Waals surface area contributed by atoms with Crippen LogP contribution >= 0.6 is 19.2 Å². The molecule has 0 aliphatic heterocycles. The van der Waals surface area contributed by atoms with Crippen LogP contribution in [-0.4, -0.2) is 43.8 Å². The van der Waals surface area contributed by atoms with E-state index < -0.39 is 19.2 Å². The molecule has 0 radical (unpaired) electrons. The lowest BCUT2D eigenvalue weighted by atomic mass is 9.91. The Morgan fingerprint density at radius 1 is 0.500 bits per heavy atom. The number of hydrogen-bond donors (Lipinski definition) is 1. The summed E-state index contributed by atoms with van der Waals surface area (Å²) in [5, 5.41) is 7.64. The summed E-state index contributed by atoms with van der Waals surface area (Å²) in [5.41, 5.74) is 7.14. The van der Waals surface area contributed by atoms with Crippen LogP contribution in [0.5, 0.6) is 0 Å². The number of benzene rings is 7. The van der Waals surface area contributed by atoms with Crippen molar-refractivity contribution in [2.45, 2.75) is 16.2 Å². The summed E-state index contributed by atoms with van der Waals surface area (Å²) in [6.45, 7) is 0. The van der Waals surface area contributed by atoms with E-state index in [1.807, 2.05) is 0 Å². The van der Waals surface area contributed by atoms with Gasteiger partial charge in [0.1, 0.15) is 0 Å². The lowest BCUT2D eigenvalue weighted by Gasteiger charge is -2.47. The first-order chi connectivity index (χ1) is 24.8. The second-order valence-electron chi connectivity index (χ2n) is 16.7. The monoisotopic (exact) mass is 718 g/mol. The number of thiol groups is 1. The zero-order chi connectivity index (χ0) is 36.3. The van der Waals surface area contributed by atoms with Gasteiger partial charge < -0.3 is 9.80 Å². The molecule has 0 N–H and O–H groups in total. The fourth-order valence-corrected chi connectivity index (χ4v) is 9.85. The Hall–Kier alpha value is -4.90. The van der Waals surface area contributed by atoms with E-state index in [9.17, 15) is 0 Å². The van der Waals surface area contributed by atoms with Gasteiger partial charge in [-0.3, -0.25) is 9.16 Å². The lowest BCUT2D eigenvalue weighted by molar-refractivity contribution is 1.08. The van der Waals surface area contributed by atoms with Gasteiger partial charge in [-0.25, -0.2) is 10.0 Å². The number of anilines is 5. The second-order valence-corrected chi connectivity index (χ2v) is 28.5. The zero-order valence-electron chi connectivity index (χ0n) is 31.5. The van der Waals surface area contributed by atoms with Crippen molar-refractivity contribution >= 4 is 79.9 Å². The Bertz CT molecular complexity index is 2500. The molecule has 0 spiro atoms. The molecule has 0 saturated heterocycles. The van der Waals surface area contributed by atoms with Crippen molar-refractivity contribution in [1.82, 2.24) is 0 Å². The Morgan fingerprint density at radius 3 is 1.60 bits per heavy atom. The summed E-state index contributed by atoms with van der Waals surface area (Å²) < 4.78 is 0. The first-order valence-corrected chi connectivity index (χ1v) is 25.0. The van der Waals surface area contributed by atoms with Gasteiger partial charge in [-0.1, -0.05) is 78.9 Å². The minimum atomic E-state index is -1.91. The molecule has 2 nitrogen and oxygen atoms in total. The summed E-state index contributed by atoms with van der Waals surface area (Å²) in [6.07, 6.45) is 28.6. The minimum absolute atomic E-state index is 0.831. The predicted molar refractivity (Wildman–Crippen MR) is 239 cm³/mol. The quantitative estimate of drug-likeness (QED) is 0.123. The summed E-state index contributed by atoms with van der Waals surface area (Å²) in [4.78, 5) is 7.77. The molecule has 0 saturated carbocycles. The average Bonchev–Trinajstić information content (AvgIpc) is 3.41. The molecule has 1 aliphatic rings. The highest BCUT2D eigenvalue weighted by molar-refractivity contribution is 8.47. The molecular weight excluding hydrogens is 669 g/mol. The van der Waals surface area contributed by atoms with Crippen LogP contribution in [0.25, 0.3) is 32.3 Å². The van der Waals surface area contributed by atoms with Crippen LogP contribution in [0.4, 0.5) is 28.4 Å². The van der Waals surface area contributed by atoms with Gasteiger partial charge in [-0.15, -0.1) is 0 Å². The first-order valence-electron chi connectivity index (χ1n) is 18.1. The molecule has 52 heavy (non-hydrogen) atoms. The molecular formula is C48H50N2S2. The van der Waals surface area contributed by atoms with Gasteiger partial charge in [0, 0.05) is 40.0 Å². The van der Waals surface area contributed by atoms with Crippen molar-refractivity contribution in [2.75, 3.05) is 53.6 Å². The van der Waals surface area contributed by atoms with E-state index >= 15 is 0 Å². The summed E-state index contributed by atoms with van der Waals surface area (Å²) in [6, 6.07) is 48.0. The van der Waals surface area contributed by atoms with Gasteiger partial charge in [0.05, 0.1) is 11.4 Å². The van der Waals surface area contributed by atoms with E-state index in [1.165, 1.54) is 70.6 Å². The maximum Gasteiger partial charge on any atom is 0.0540 e. The van der Waals surface area contributed by atoms with Crippen LogP contribution in [0.1, 0.15) is 6.42 Å². The highest BCUT2D eigenvalue weighted by atomic mass is 32.3. The summed E-state index contributed by atoms with van der Waals surface area (Å²) in [5.74, 6) is 0. The van der Waals surface area contributed by atoms with Gasteiger partial charge in [0.25, 0.3) is 0 Å². The average molecular weight is 719 g/mol. The van der Waals surface area contributed by atoms with Gasteiger partial charge >= 0.3 is 0 Å². The van der Waals surface area contributed by atoms with E-state index in [4.69, 9.17) is 0 Å². The van der Waals surface area contributed by atoms with Crippen molar-refractivity contribution in [3.63, 3.8) is 0 Å². The Kier molecular flexibility index (Phi) is 8.32. The molecule has 8 rings (SSSR count). The third-order valence-corrected chi connectivity index (χ3v) is 14.4. The van der Waals surface area contributed by atoms with Gasteiger partial charge in [-0.2, -0.15) is 0 Å². The van der Waals surface area contributed by atoms with Crippen LogP contribution in [0.2, 0.25) is 0 Å². The number of para-hydroxylation sites is 1. The van der Waals surface area contributed by atoms with Crippen molar-refractivity contribution in [3.05, 3.63) is 163 Å². The Labute approximate surface area is 311 Å². The van der Waals surface area contributed by atoms with Gasteiger partial charge in [0.15, 0.2) is 0 Å². The largest absolute Gasteiger partial charge is 0.313 e. The molecule has 0 amide bonds. The molecule has 0 aromatic heterocycles. The Balaban J connectivity index is 1.35. The molecule has 0 fully saturated rings. The minimum Gasteiger partial charge on any atom is -0.313 e. The molecule has 7 aromatic carbocycles. The molecule has 4 heteroatoms. The van der Waals surface area contributed by atoms with E-state index in [1.54, 1.807) is 0 Å². The van der Waals surface area contributed by atoms with Gasteiger partial charge in [-0.05, 0) is 154 Å². The zero-order valence-corrected chi connectivity index (χ0v) is 33.2. The molecule has 264 valence electrons. The Morgan fingerprint density at radius 2 is 1.02 bits per heavy atom. The molecule has 0 unspecified atom stereocenters. The van der Waals surface area contributed by atoms with E-state index in [-0.39, 0.29) is 0 Å². The fraction of sp³-hybridized carbons (Fsp3) is 0.167. The highest BCUT2D eigenvalue weighted by Crippen LogP contribution is 2.63. The maximum atomic E-state index is 2.48. The topological polar surface area (TPSA) is 6.48 Å². The van der Waals surface area contributed by atoms with Crippen molar-refractivity contribution in [1.29, 1.82) is 0 Å². The molecule has 1 aliphatic carbocycles. The van der Waals surface area contributed by atoms with Crippen molar-refractivity contribution in [3.8, 4) is 0 Å². The lowest BCUT2D eigenvalue weighted by Crippen LogP contribution is -2.16. The van der Waals surface area contributed by atoms with Crippen molar-refractivity contribution < 1.29 is 0 Å². The van der Waals surface area contributed by atoms with E-state index in [0.717, 1.165) is 12.1 Å². The van der Waals surface area contributed by atoms with E-state index in [0.29, 0.717) is 0 Å².